The molecule has 5 heteroatoms. The Kier molecular flexibility index (Phi) is 2.44. The minimum absolute atomic E-state index is 0.159. The lowest BCUT2D eigenvalue weighted by Gasteiger charge is -2.05. The zero-order chi connectivity index (χ0) is 11.7. The summed E-state index contributed by atoms with van der Waals surface area (Å²) in [6.45, 7) is 1.91. The van der Waals surface area contributed by atoms with Crippen molar-refractivity contribution in [3.63, 3.8) is 0 Å². The molecule has 0 aliphatic carbocycles. The first-order valence-corrected chi connectivity index (χ1v) is 4.85. The second-order valence-corrected chi connectivity index (χ2v) is 3.66. The Morgan fingerprint density at radius 2 is 2.19 bits per heavy atom. The van der Waals surface area contributed by atoms with E-state index in [9.17, 15) is 4.79 Å². The second-order valence-electron chi connectivity index (χ2n) is 3.66. The average Bonchev–Trinajstić information content (AvgIpc) is 2.67. The van der Waals surface area contributed by atoms with Gasteiger partial charge in [-0.3, -0.25) is 4.79 Å². The summed E-state index contributed by atoms with van der Waals surface area (Å²) in [5.41, 5.74) is 8.16. The van der Waals surface area contributed by atoms with Crippen molar-refractivity contribution >= 4 is 11.5 Å². The van der Waals surface area contributed by atoms with Crippen molar-refractivity contribution in [2.75, 3.05) is 5.73 Å². The Bertz CT molecular complexity index is 545. The van der Waals surface area contributed by atoms with Crippen LogP contribution in [0.15, 0.2) is 24.4 Å². The van der Waals surface area contributed by atoms with Gasteiger partial charge in [0.2, 0.25) is 5.78 Å². The van der Waals surface area contributed by atoms with Crippen molar-refractivity contribution in [1.82, 2.24) is 15.0 Å². The third-order valence-corrected chi connectivity index (χ3v) is 2.40. The zero-order valence-corrected chi connectivity index (χ0v) is 9.14. The summed E-state index contributed by atoms with van der Waals surface area (Å²) in [6, 6.07) is 5.37. The lowest BCUT2D eigenvalue weighted by Crippen LogP contribution is -2.10. The van der Waals surface area contributed by atoms with E-state index in [1.807, 2.05) is 13.0 Å². The summed E-state index contributed by atoms with van der Waals surface area (Å²) in [5.74, 6) is -0.159. The number of hydrogen-bond acceptors (Lipinski definition) is 4. The van der Waals surface area contributed by atoms with Crippen LogP contribution in [0.4, 0.5) is 5.69 Å². The molecule has 0 saturated carbocycles. The molecule has 1 aromatic carbocycles. The van der Waals surface area contributed by atoms with E-state index in [0.29, 0.717) is 16.9 Å². The predicted octanol–water partition coefficient (Wildman–Crippen LogP) is 0.937. The number of ketones is 1. The van der Waals surface area contributed by atoms with Crippen molar-refractivity contribution in [2.24, 2.45) is 7.05 Å². The van der Waals surface area contributed by atoms with Crippen LogP contribution in [0.3, 0.4) is 0 Å². The maximum Gasteiger partial charge on any atom is 0.214 e. The van der Waals surface area contributed by atoms with Crippen molar-refractivity contribution in [3.05, 3.63) is 41.2 Å². The van der Waals surface area contributed by atoms with E-state index in [-0.39, 0.29) is 5.78 Å². The van der Waals surface area contributed by atoms with Crippen LogP contribution in [0.2, 0.25) is 0 Å². The van der Waals surface area contributed by atoms with E-state index in [1.54, 1.807) is 19.2 Å². The molecule has 0 amide bonds. The van der Waals surface area contributed by atoms with Gasteiger partial charge in [-0.25, -0.2) is 4.68 Å². The van der Waals surface area contributed by atoms with Crippen LogP contribution in [0.25, 0.3) is 0 Å². The van der Waals surface area contributed by atoms with E-state index in [0.717, 1.165) is 5.56 Å². The number of nitrogen functional groups attached to an aromatic ring is 1. The average molecular weight is 216 g/mol. The summed E-state index contributed by atoms with van der Waals surface area (Å²) < 4.78 is 1.43. The van der Waals surface area contributed by atoms with Crippen LogP contribution in [-0.2, 0) is 7.05 Å². The predicted molar refractivity (Wildman–Crippen MR) is 60.0 cm³/mol. The highest BCUT2D eigenvalue weighted by Crippen LogP contribution is 2.17. The number of nitrogens with zero attached hydrogens (tertiary/aromatic N) is 3. The first kappa shape index (κ1) is 10.4. The van der Waals surface area contributed by atoms with Crippen molar-refractivity contribution in [3.8, 4) is 0 Å². The van der Waals surface area contributed by atoms with Gasteiger partial charge in [0.05, 0.1) is 6.20 Å². The number of hydrogen-bond donors (Lipinski definition) is 1. The van der Waals surface area contributed by atoms with Gasteiger partial charge in [-0.05, 0) is 19.1 Å². The Hall–Kier alpha value is -2.17. The second kappa shape index (κ2) is 3.77. The molecule has 0 spiro atoms. The Labute approximate surface area is 92.9 Å². The van der Waals surface area contributed by atoms with Crippen molar-refractivity contribution < 1.29 is 4.79 Å². The molecule has 16 heavy (non-hydrogen) atoms. The molecular formula is C11H12N4O. The highest BCUT2D eigenvalue weighted by molar-refractivity contribution is 6.11. The molecule has 1 aromatic heterocycles. The Morgan fingerprint density at radius 3 is 2.81 bits per heavy atom. The fraction of sp³-hybridized carbons (Fsp3) is 0.182. The molecule has 1 heterocycles. The molecule has 0 fully saturated rings. The van der Waals surface area contributed by atoms with E-state index < -0.39 is 0 Å². The van der Waals surface area contributed by atoms with Crippen LogP contribution >= 0.6 is 0 Å². The van der Waals surface area contributed by atoms with Crippen LogP contribution in [-0.4, -0.2) is 20.8 Å². The minimum atomic E-state index is -0.159. The van der Waals surface area contributed by atoms with Crippen LogP contribution in [0.5, 0.6) is 0 Å². The smallest absolute Gasteiger partial charge is 0.214 e. The molecule has 0 atom stereocenters. The van der Waals surface area contributed by atoms with Gasteiger partial charge in [0, 0.05) is 18.3 Å². The van der Waals surface area contributed by atoms with Gasteiger partial charge >= 0.3 is 0 Å². The minimum Gasteiger partial charge on any atom is -0.398 e. The molecule has 0 aliphatic rings. The lowest BCUT2D eigenvalue weighted by atomic mass is 10.0. The van der Waals surface area contributed by atoms with E-state index in [1.165, 1.54) is 10.9 Å². The summed E-state index contributed by atoms with van der Waals surface area (Å²) >= 11 is 0. The molecule has 2 rings (SSSR count). The monoisotopic (exact) mass is 216 g/mol. The van der Waals surface area contributed by atoms with Gasteiger partial charge in [0.25, 0.3) is 0 Å². The number of carbonyl (C=O) groups is 1. The fourth-order valence-corrected chi connectivity index (χ4v) is 1.50. The number of carbonyl (C=O) groups excluding carboxylic acids is 1. The summed E-state index contributed by atoms with van der Waals surface area (Å²) in [7, 11) is 1.67. The maximum absolute atomic E-state index is 12.1. The quantitative estimate of drug-likeness (QED) is 0.598. The van der Waals surface area contributed by atoms with Gasteiger partial charge in [0.1, 0.15) is 5.69 Å². The Balaban J connectivity index is 2.49. The molecule has 0 radical (unpaired) electrons. The van der Waals surface area contributed by atoms with Gasteiger partial charge in [-0.1, -0.05) is 16.8 Å². The molecule has 0 bridgehead atoms. The summed E-state index contributed by atoms with van der Waals surface area (Å²) in [4.78, 5) is 12.1. The highest BCUT2D eigenvalue weighted by atomic mass is 16.1. The number of benzene rings is 1. The third-order valence-electron chi connectivity index (χ3n) is 2.40. The zero-order valence-electron chi connectivity index (χ0n) is 9.14. The van der Waals surface area contributed by atoms with Crippen molar-refractivity contribution in [2.45, 2.75) is 6.92 Å². The molecule has 0 aliphatic heterocycles. The van der Waals surface area contributed by atoms with Crippen molar-refractivity contribution in [1.29, 1.82) is 0 Å². The standard InChI is InChI=1S/C11H12N4O/c1-7-3-4-9(12)8(5-7)11(16)10-6-13-14-15(10)2/h3-6H,12H2,1-2H3. The number of aromatic nitrogens is 3. The first-order valence-electron chi connectivity index (χ1n) is 4.85. The van der Waals surface area contributed by atoms with Crippen LogP contribution < -0.4 is 5.73 Å². The number of rotatable bonds is 2. The molecular weight excluding hydrogens is 204 g/mol. The van der Waals surface area contributed by atoms with Gasteiger partial charge in [0.15, 0.2) is 0 Å². The SMILES string of the molecule is Cc1ccc(N)c(C(=O)c2cnnn2C)c1. The van der Waals surface area contributed by atoms with Crippen LogP contribution in [0.1, 0.15) is 21.6 Å². The molecule has 0 unspecified atom stereocenters. The topological polar surface area (TPSA) is 73.8 Å². The number of aryl methyl sites for hydroxylation is 2. The highest BCUT2D eigenvalue weighted by Gasteiger charge is 2.16. The van der Waals surface area contributed by atoms with Gasteiger partial charge in [-0.15, -0.1) is 5.10 Å². The molecule has 2 N–H and O–H groups in total. The first-order chi connectivity index (χ1) is 7.59. The largest absolute Gasteiger partial charge is 0.398 e. The summed E-state index contributed by atoms with van der Waals surface area (Å²) in [5, 5.41) is 7.39. The molecule has 2 aromatic rings. The third kappa shape index (κ3) is 1.67. The molecule has 0 saturated heterocycles. The lowest BCUT2D eigenvalue weighted by molar-refractivity contribution is 0.103. The van der Waals surface area contributed by atoms with E-state index >= 15 is 0 Å². The van der Waals surface area contributed by atoms with E-state index in [4.69, 9.17) is 5.73 Å². The van der Waals surface area contributed by atoms with Crippen LogP contribution in [0, 0.1) is 6.92 Å². The molecule has 5 nitrogen and oxygen atoms in total. The van der Waals surface area contributed by atoms with Gasteiger partial charge in [-0.2, -0.15) is 0 Å². The fourth-order valence-electron chi connectivity index (χ4n) is 1.50. The summed E-state index contributed by atoms with van der Waals surface area (Å²) in [6.07, 6.45) is 1.43. The number of anilines is 1. The Morgan fingerprint density at radius 1 is 1.44 bits per heavy atom. The maximum atomic E-state index is 12.1. The number of nitrogens with two attached hydrogens (primary N) is 1. The van der Waals surface area contributed by atoms with E-state index in [2.05, 4.69) is 10.3 Å². The van der Waals surface area contributed by atoms with Gasteiger partial charge < -0.3 is 5.73 Å². The molecule has 82 valence electrons. The normalized spacial score (nSPS) is 10.4.